The molecule has 6 nitrogen and oxygen atoms in total. The topological polar surface area (TPSA) is 72.7 Å². The zero-order valence-electron chi connectivity index (χ0n) is 12.3. The van der Waals surface area contributed by atoms with E-state index in [0.717, 1.165) is 30.6 Å². The average molecular weight is 321 g/mol. The predicted octanol–water partition coefficient (Wildman–Crippen LogP) is 1.93. The lowest BCUT2D eigenvalue weighted by molar-refractivity contribution is -0.148. The number of carbonyl (C=O) groups is 2. The fourth-order valence-electron chi connectivity index (χ4n) is 2.72. The Morgan fingerprint density at radius 3 is 2.95 bits per heavy atom. The van der Waals surface area contributed by atoms with E-state index >= 15 is 0 Å². The molecule has 0 atom stereocenters. The van der Waals surface area contributed by atoms with Crippen LogP contribution in [0.5, 0.6) is 0 Å². The Labute approximate surface area is 132 Å². The summed E-state index contributed by atoms with van der Waals surface area (Å²) in [6.45, 7) is -0.211. The molecule has 1 saturated carbocycles. The van der Waals surface area contributed by atoms with Crippen molar-refractivity contribution in [2.24, 2.45) is 0 Å². The van der Waals surface area contributed by atoms with Crippen LogP contribution in [0, 0.1) is 0 Å². The summed E-state index contributed by atoms with van der Waals surface area (Å²) in [6, 6.07) is 0.236. The smallest absolute Gasteiger partial charge is 0.312 e. The highest BCUT2D eigenvalue weighted by Crippen LogP contribution is 2.17. The van der Waals surface area contributed by atoms with Crippen LogP contribution in [0.15, 0.2) is 17.8 Å². The summed E-state index contributed by atoms with van der Waals surface area (Å²) >= 11 is 1.51. The van der Waals surface area contributed by atoms with Crippen LogP contribution in [-0.4, -0.2) is 33.9 Å². The molecule has 1 aliphatic rings. The van der Waals surface area contributed by atoms with Gasteiger partial charge in [0.1, 0.15) is 0 Å². The van der Waals surface area contributed by atoms with Crippen LogP contribution in [0.3, 0.4) is 0 Å². The van der Waals surface area contributed by atoms with Gasteiger partial charge < -0.3 is 10.1 Å². The standard InChI is InChI=1S/C15H19N3O3S/c19-13(16-11-4-2-1-3-5-11)10-21-14(20)8-12-9-18-6-7-22-15(18)17-12/h6-7,9,11H,1-5,8,10H2,(H,16,19). The van der Waals surface area contributed by atoms with Crippen molar-refractivity contribution in [1.82, 2.24) is 14.7 Å². The van der Waals surface area contributed by atoms with Crippen molar-refractivity contribution < 1.29 is 14.3 Å². The van der Waals surface area contributed by atoms with Crippen molar-refractivity contribution in [1.29, 1.82) is 0 Å². The Hall–Kier alpha value is -1.89. The molecule has 2 aromatic heterocycles. The van der Waals surface area contributed by atoms with E-state index in [-0.39, 0.29) is 25.0 Å². The summed E-state index contributed by atoms with van der Waals surface area (Å²) in [5.41, 5.74) is 0.657. The molecule has 2 aromatic rings. The minimum absolute atomic E-state index is 0.0884. The number of nitrogens with zero attached hydrogens (tertiary/aromatic N) is 2. The number of aromatic nitrogens is 2. The SMILES string of the molecule is O=C(COC(=O)Cc1cn2ccsc2n1)NC1CCCCC1. The van der Waals surface area contributed by atoms with Crippen molar-refractivity contribution in [2.75, 3.05) is 6.61 Å². The van der Waals surface area contributed by atoms with Crippen molar-refractivity contribution in [3.63, 3.8) is 0 Å². The summed E-state index contributed by atoms with van der Waals surface area (Å²) in [4.78, 5) is 28.7. The molecule has 0 radical (unpaired) electrons. The van der Waals surface area contributed by atoms with Crippen LogP contribution in [0.1, 0.15) is 37.8 Å². The van der Waals surface area contributed by atoms with Crippen molar-refractivity contribution in [2.45, 2.75) is 44.6 Å². The molecule has 1 fully saturated rings. The third-order valence-corrected chi connectivity index (χ3v) is 4.57. The van der Waals surface area contributed by atoms with Gasteiger partial charge in [-0.2, -0.15) is 0 Å². The molecule has 7 heteroatoms. The van der Waals surface area contributed by atoms with E-state index in [2.05, 4.69) is 10.3 Å². The fourth-order valence-corrected chi connectivity index (χ4v) is 3.44. The Bertz CT molecular complexity index is 629. The van der Waals surface area contributed by atoms with Crippen molar-refractivity contribution in [3.05, 3.63) is 23.5 Å². The summed E-state index contributed by atoms with van der Waals surface area (Å²) in [6.07, 6.45) is 9.36. The van der Waals surface area contributed by atoms with Crippen molar-refractivity contribution >= 4 is 28.2 Å². The van der Waals surface area contributed by atoms with Gasteiger partial charge >= 0.3 is 5.97 Å². The first-order valence-corrected chi connectivity index (χ1v) is 8.45. The van der Waals surface area contributed by atoms with Crippen LogP contribution in [0.25, 0.3) is 4.96 Å². The van der Waals surface area contributed by atoms with Gasteiger partial charge in [0.25, 0.3) is 5.91 Å². The second kappa shape index (κ2) is 6.91. The summed E-state index contributed by atoms with van der Waals surface area (Å²) in [5, 5.41) is 4.85. The van der Waals surface area contributed by atoms with Gasteiger partial charge in [-0.1, -0.05) is 19.3 Å². The van der Waals surface area contributed by atoms with Crippen LogP contribution in [0.4, 0.5) is 0 Å². The number of ether oxygens (including phenoxy) is 1. The number of fused-ring (bicyclic) bond motifs is 1. The number of amides is 1. The minimum Gasteiger partial charge on any atom is -0.455 e. The molecule has 0 unspecified atom stereocenters. The number of hydrogen-bond acceptors (Lipinski definition) is 5. The third-order valence-electron chi connectivity index (χ3n) is 3.80. The number of nitrogens with one attached hydrogen (secondary N) is 1. The normalized spacial score (nSPS) is 15.8. The van der Waals surface area contributed by atoms with Gasteiger partial charge in [0.05, 0.1) is 12.1 Å². The van der Waals surface area contributed by atoms with Gasteiger partial charge in [0.15, 0.2) is 11.6 Å². The molecular weight excluding hydrogens is 302 g/mol. The summed E-state index contributed by atoms with van der Waals surface area (Å²) < 4.78 is 6.89. The highest BCUT2D eigenvalue weighted by molar-refractivity contribution is 7.15. The van der Waals surface area contributed by atoms with Crippen LogP contribution in [0.2, 0.25) is 0 Å². The lowest BCUT2D eigenvalue weighted by Gasteiger charge is -2.22. The number of hydrogen-bond donors (Lipinski definition) is 1. The molecule has 2 heterocycles. The molecule has 3 rings (SSSR count). The molecule has 0 bridgehead atoms. The van der Waals surface area contributed by atoms with E-state index < -0.39 is 5.97 Å². The summed E-state index contributed by atoms with van der Waals surface area (Å²) in [7, 11) is 0. The molecule has 1 aliphatic carbocycles. The Kier molecular flexibility index (Phi) is 4.72. The molecule has 0 aliphatic heterocycles. The molecule has 1 N–H and O–H groups in total. The molecule has 22 heavy (non-hydrogen) atoms. The Morgan fingerprint density at radius 2 is 2.18 bits per heavy atom. The number of carbonyl (C=O) groups excluding carboxylic acids is 2. The zero-order valence-corrected chi connectivity index (χ0v) is 13.1. The van der Waals surface area contributed by atoms with Gasteiger partial charge in [-0.15, -0.1) is 11.3 Å². The zero-order chi connectivity index (χ0) is 15.4. The van der Waals surface area contributed by atoms with Gasteiger partial charge in [0.2, 0.25) is 0 Å². The first kappa shape index (κ1) is 15.0. The maximum Gasteiger partial charge on any atom is 0.312 e. The highest BCUT2D eigenvalue weighted by atomic mass is 32.1. The van der Waals surface area contributed by atoms with Crippen molar-refractivity contribution in [3.8, 4) is 0 Å². The minimum atomic E-state index is -0.426. The predicted molar refractivity (Wildman–Crippen MR) is 82.7 cm³/mol. The van der Waals surface area contributed by atoms with E-state index in [1.807, 2.05) is 16.0 Å². The lowest BCUT2D eigenvalue weighted by Crippen LogP contribution is -2.38. The molecule has 1 amide bonds. The van der Waals surface area contributed by atoms with Gasteiger partial charge in [-0.25, -0.2) is 4.98 Å². The maximum atomic E-state index is 11.8. The maximum absolute atomic E-state index is 11.8. The number of esters is 1. The van der Waals surface area contributed by atoms with Gasteiger partial charge in [-0.05, 0) is 12.8 Å². The van der Waals surface area contributed by atoms with E-state index in [1.165, 1.54) is 17.8 Å². The molecule has 0 spiro atoms. The van der Waals surface area contributed by atoms with Gasteiger partial charge in [-0.3, -0.25) is 14.0 Å². The number of rotatable bonds is 5. The fraction of sp³-hybridized carbons (Fsp3) is 0.533. The van der Waals surface area contributed by atoms with Gasteiger partial charge in [0, 0.05) is 23.8 Å². The van der Waals surface area contributed by atoms with E-state index in [9.17, 15) is 9.59 Å². The number of thiazole rings is 1. The molecule has 118 valence electrons. The summed E-state index contributed by atoms with van der Waals surface area (Å²) in [5.74, 6) is -0.643. The molecular formula is C15H19N3O3S. The van der Waals surface area contributed by atoms with E-state index in [0.29, 0.717) is 5.69 Å². The third kappa shape index (κ3) is 3.85. The molecule has 0 saturated heterocycles. The average Bonchev–Trinajstić information content (AvgIpc) is 3.07. The quantitative estimate of drug-likeness (QED) is 0.854. The van der Waals surface area contributed by atoms with Crippen LogP contribution in [-0.2, 0) is 20.7 Å². The number of imidazole rings is 1. The Balaban J connectivity index is 1.41. The van der Waals surface area contributed by atoms with Crippen LogP contribution < -0.4 is 5.32 Å². The second-order valence-electron chi connectivity index (χ2n) is 5.56. The molecule has 0 aromatic carbocycles. The second-order valence-corrected chi connectivity index (χ2v) is 6.44. The highest BCUT2D eigenvalue weighted by Gasteiger charge is 2.17. The van der Waals surface area contributed by atoms with E-state index in [1.54, 1.807) is 6.20 Å². The first-order valence-electron chi connectivity index (χ1n) is 7.57. The lowest BCUT2D eigenvalue weighted by atomic mass is 9.95. The largest absolute Gasteiger partial charge is 0.455 e. The van der Waals surface area contributed by atoms with E-state index in [4.69, 9.17) is 4.74 Å². The Morgan fingerprint density at radius 1 is 1.36 bits per heavy atom. The first-order chi connectivity index (χ1) is 10.7. The van der Waals surface area contributed by atoms with Crippen LogP contribution >= 0.6 is 11.3 Å². The monoisotopic (exact) mass is 321 g/mol.